The Hall–Kier alpha value is -2.88. The highest BCUT2D eigenvalue weighted by Crippen LogP contribution is 2.64. The maximum Gasteiger partial charge on any atom is 0.220 e. The number of rotatable bonds is 2. The minimum absolute atomic E-state index is 0.293. The van der Waals surface area contributed by atoms with Gasteiger partial charge in [-0.1, -0.05) is 6.07 Å². The summed E-state index contributed by atoms with van der Waals surface area (Å²) < 4.78 is 7.49. The minimum atomic E-state index is 0.293. The Morgan fingerprint density at radius 3 is 2.84 bits per heavy atom. The lowest BCUT2D eigenvalue weighted by Gasteiger charge is -2.33. The molecule has 3 aromatic rings. The summed E-state index contributed by atoms with van der Waals surface area (Å²) in [6.07, 6.45) is 5.15. The van der Waals surface area contributed by atoms with E-state index in [0.29, 0.717) is 22.9 Å². The van der Waals surface area contributed by atoms with Gasteiger partial charge in [-0.25, -0.2) is 4.98 Å². The third-order valence-corrected chi connectivity index (χ3v) is 5.71. The second kappa shape index (κ2) is 5.06. The SMILES string of the molecule is Cc1nnc(C2CC23CCN(c2nc4ccccn4c2C#N)CC3)o1. The molecule has 1 spiro atoms. The number of imidazole rings is 1. The standard InChI is InChI=1S/C18H18N6O/c1-12-21-22-17(25-12)13-10-18(13)5-8-23(9-6-18)16-14(11-19)24-7-3-2-4-15(24)20-16/h2-4,7,13H,5-6,8-10H2,1H3. The van der Waals surface area contributed by atoms with E-state index in [9.17, 15) is 5.26 Å². The molecule has 1 aliphatic heterocycles. The Morgan fingerprint density at radius 2 is 2.12 bits per heavy atom. The predicted molar refractivity (Wildman–Crippen MR) is 90.2 cm³/mol. The summed E-state index contributed by atoms with van der Waals surface area (Å²) >= 11 is 0. The van der Waals surface area contributed by atoms with Crippen molar-refractivity contribution in [2.45, 2.75) is 32.1 Å². The summed E-state index contributed by atoms with van der Waals surface area (Å²) in [5.41, 5.74) is 1.73. The monoisotopic (exact) mass is 334 g/mol. The van der Waals surface area contributed by atoms with Crippen LogP contribution < -0.4 is 4.90 Å². The highest BCUT2D eigenvalue weighted by atomic mass is 16.4. The molecular weight excluding hydrogens is 316 g/mol. The Morgan fingerprint density at radius 1 is 1.28 bits per heavy atom. The smallest absolute Gasteiger partial charge is 0.220 e. The van der Waals surface area contributed by atoms with E-state index in [1.165, 1.54) is 0 Å². The number of pyridine rings is 1. The maximum absolute atomic E-state index is 9.58. The molecule has 1 saturated carbocycles. The largest absolute Gasteiger partial charge is 0.425 e. The Labute approximate surface area is 144 Å². The number of fused-ring (bicyclic) bond motifs is 1. The molecule has 1 atom stereocenters. The van der Waals surface area contributed by atoms with Crippen molar-refractivity contribution in [2.75, 3.05) is 18.0 Å². The van der Waals surface area contributed by atoms with E-state index in [-0.39, 0.29) is 0 Å². The molecule has 2 fully saturated rings. The van der Waals surface area contributed by atoms with Crippen LogP contribution in [0.1, 0.15) is 42.7 Å². The van der Waals surface area contributed by atoms with Gasteiger partial charge in [0.25, 0.3) is 0 Å². The van der Waals surface area contributed by atoms with Crippen LogP contribution >= 0.6 is 0 Å². The molecule has 0 aromatic carbocycles. The summed E-state index contributed by atoms with van der Waals surface area (Å²) in [6.45, 7) is 3.64. The Balaban J connectivity index is 1.37. The minimum Gasteiger partial charge on any atom is -0.425 e. The van der Waals surface area contributed by atoms with Gasteiger partial charge in [0.15, 0.2) is 11.5 Å². The molecule has 0 radical (unpaired) electrons. The second-order valence-corrected chi connectivity index (χ2v) is 7.09. The van der Waals surface area contributed by atoms with Crippen LogP contribution in [0.25, 0.3) is 5.65 Å². The van der Waals surface area contributed by atoms with Gasteiger partial charge in [-0.2, -0.15) is 5.26 Å². The first-order valence-electron chi connectivity index (χ1n) is 8.62. The molecule has 4 heterocycles. The van der Waals surface area contributed by atoms with Crippen LogP contribution in [-0.2, 0) is 0 Å². The van der Waals surface area contributed by atoms with E-state index in [4.69, 9.17) is 4.42 Å². The zero-order chi connectivity index (χ0) is 17.0. The lowest BCUT2D eigenvalue weighted by molar-refractivity contribution is 0.348. The third-order valence-electron chi connectivity index (χ3n) is 5.71. The Kier molecular flexibility index (Phi) is 2.93. The molecule has 25 heavy (non-hydrogen) atoms. The van der Waals surface area contributed by atoms with Gasteiger partial charge in [0, 0.05) is 32.1 Å². The van der Waals surface area contributed by atoms with E-state index >= 15 is 0 Å². The quantitative estimate of drug-likeness (QED) is 0.716. The topological polar surface area (TPSA) is 83.3 Å². The molecule has 2 aliphatic rings. The molecule has 1 saturated heterocycles. The molecule has 0 bridgehead atoms. The summed E-state index contributed by atoms with van der Waals surface area (Å²) in [4.78, 5) is 6.92. The van der Waals surface area contributed by atoms with Crippen LogP contribution in [0, 0.1) is 23.7 Å². The summed E-state index contributed by atoms with van der Waals surface area (Å²) in [7, 11) is 0. The van der Waals surface area contributed by atoms with Crippen molar-refractivity contribution in [1.29, 1.82) is 5.26 Å². The van der Waals surface area contributed by atoms with Crippen LogP contribution in [0.5, 0.6) is 0 Å². The van der Waals surface area contributed by atoms with Crippen molar-refractivity contribution in [2.24, 2.45) is 5.41 Å². The fourth-order valence-electron chi connectivity index (χ4n) is 4.17. The van der Waals surface area contributed by atoms with E-state index in [1.54, 1.807) is 0 Å². The average molecular weight is 334 g/mol. The zero-order valence-electron chi connectivity index (χ0n) is 14.0. The van der Waals surface area contributed by atoms with Gasteiger partial charge in [0.2, 0.25) is 11.8 Å². The van der Waals surface area contributed by atoms with E-state index in [1.807, 2.05) is 35.7 Å². The number of hydrogen-bond acceptors (Lipinski definition) is 6. The van der Waals surface area contributed by atoms with Crippen LogP contribution in [0.4, 0.5) is 5.82 Å². The molecule has 1 unspecified atom stereocenters. The number of hydrogen-bond donors (Lipinski definition) is 0. The lowest BCUT2D eigenvalue weighted by atomic mass is 9.90. The van der Waals surface area contributed by atoms with Gasteiger partial charge < -0.3 is 9.32 Å². The second-order valence-electron chi connectivity index (χ2n) is 7.09. The van der Waals surface area contributed by atoms with Crippen molar-refractivity contribution < 1.29 is 4.42 Å². The molecule has 126 valence electrons. The van der Waals surface area contributed by atoms with Gasteiger partial charge in [-0.15, -0.1) is 10.2 Å². The van der Waals surface area contributed by atoms with E-state index in [0.717, 1.165) is 49.7 Å². The highest BCUT2D eigenvalue weighted by Gasteiger charge is 2.58. The van der Waals surface area contributed by atoms with Crippen molar-refractivity contribution in [3.63, 3.8) is 0 Å². The molecule has 3 aromatic heterocycles. The van der Waals surface area contributed by atoms with Crippen LogP contribution in [0.2, 0.25) is 0 Å². The van der Waals surface area contributed by atoms with Crippen LogP contribution in [0.3, 0.4) is 0 Å². The van der Waals surface area contributed by atoms with Crippen molar-refractivity contribution in [1.82, 2.24) is 19.6 Å². The third kappa shape index (κ3) is 2.14. The number of aryl methyl sites for hydroxylation is 1. The number of nitriles is 1. The number of aromatic nitrogens is 4. The molecular formula is C18H18N6O. The van der Waals surface area contributed by atoms with Crippen molar-refractivity contribution >= 4 is 11.5 Å². The lowest BCUT2D eigenvalue weighted by Crippen LogP contribution is -2.35. The number of piperidine rings is 1. The first-order valence-corrected chi connectivity index (χ1v) is 8.62. The van der Waals surface area contributed by atoms with Gasteiger partial charge in [0.05, 0.1) is 0 Å². The molecule has 0 N–H and O–H groups in total. The molecule has 0 amide bonds. The van der Waals surface area contributed by atoms with E-state index < -0.39 is 0 Å². The molecule has 7 nitrogen and oxygen atoms in total. The molecule has 7 heteroatoms. The predicted octanol–water partition coefficient (Wildman–Crippen LogP) is 2.67. The Bertz CT molecular complexity index is 989. The highest BCUT2D eigenvalue weighted by molar-refractivity contribution is 5.60. The fourth-order valence-corrected chi connectivity index (χ4v) is 4.17. The van der Waals surface area contributed by atoms with E-state index in [2.05, 4.69) is 26.2 Å². The van der Waals surface area contributed by atoms with Gasteiger partial charge in [-0.3, -0.25) is 4.40 Å². The maximum atomic E-state index is 9.58. The first-order chi connectivity index (χ1) is 12.2. The fraction of sp³-hybridized carbons (Fsp3) is 0.444. The first kappa shape index (κ1) is 14.5. The van der Waals surface area contributed by atoms with Crippen molar-refractivity contribution in [3.8, 4) is 6.07 Å². The summed E-state index contributed by atoms with van der Waals surface area (Å²) in [5, 5.41) is 17.7. The van der Waals surface area contributed by atoms with Crippen molar-refractivity contribution in [3.05, 3.63) is 41.9 Å². The number of anilines is 1. The number of nitrogens with zero attached hydrogens (tertiary/aromatic N) is 6. The average Bonchev–Trinajstić information content (AvgIpc) is 2.99. The van der Waals surface area contributed by atoms with Gasteiger partial charge >= 0.3 is 0 Å². The summed E-state index contributed by atoms with van der Waals surface area (Å²) in [5.74, 6) is 2.62. The zero-order valence-corrected chi connectivity index (χ0v) is 14.0. The molecule has 1 aliphatic carbocycles. The van der Waals surface area contributed by atoms with Gasteiger partial charge in [0.1, 0.15) is 11.7 Å². The summed E-state index contributed by atoms with van der Waals surface area (Å²) in [6, 6.07) is 8.12. The van der Waals surface area contributed by atoms with Gasteiger partial charge in [-0.05, 0) is 36.8 Å². The van der Waals surface area contributed by atoms with Crippen LogP contribution in [-0.4, -0.2) is 32.7 Å². The van der Waals surface area contributed by atoms with Crippen LogP contribution in [0.15, 0.2) is 28.8 Å². The normalized spacial score (nSPS) is 21.6. The molecule has 5 rings (SSSR count).